The van der Waals surface area contributed by atoms with Crippen molar-refractivity contribution < 1.29 is 5.11 Å². The Kier molecular flexibility index (Phi) is 5.29. The first-order valence-corrected chi connectivity index (χ1v) is 6.51. The molecule has 0 aliphatic carbocycles. The van der Waals surface area contributed by atoms with Gasteiger partial charge in [-0.15, -0.1) is 0 Å². The van der Waals surface area contributed by atoms with Crippen molar-refractivity contribution in [3.63, 3.8) is 0 Å². The van der Waals surface area contributed by atoms with Crippen molar-refractivity contribution in [2.75, 3.05) is 7.05 Å². The van der Waals surface area contributed by atoms with Crippen LogP contribution in [0.1, 0.15) is 32.3 Å². The Morgan fingerprint density at radius 1 is 1.44 bits per heavy atom. The summed E-state index contributed by atoms with van der Waals surface area (Å²) in [6.07, 6.45) is 2.38. The van der Waals surface area contributed by atoms with Crippen LogP contribution in [0.4, 0.5) is 0 Å². The molecule has 1 atom stereocenters. The molecule has 0 aliphatic rings. The van der Waals surface area contributed by atoms with E-state index in [2.05, 4.69) is 41.7 Å². The van der Waals surface area contributed by atoms with Crippen molar-refractivity contribution in [3.8, 4) is 5.75 Å². The first-order valence-electron chi connectivity index (χ1n) is 5.72. The van der Waals surface area contributed by atoms with Crippen molar-refractivity contribution in [3.05, 3.63) is 28.2 Å². The molecular weight excluding hydrogens is 266 g/mol. The Labute approximate surface area is 106 Å². The van der Waals surface area contributed by atoms with Gasteiger partial charge in [-0.2, -0.15) is 0 Å². The van der Waals surface area contributed by atoms with Gasteiger partial charge in [-0.25, -0.2) is 0 Å². The molecular formula is C13H20BrNO. The molecule has 0 fully saturated rings. The van der Waals surface area contributed by atoms with E-state index in [1.807, 2.05) is 12.1 Å². The van der Waals surface area contributed by atoms with Crippen LogP contribution >= 0.6 is 15.9 Å². The summed E-state index contributed by atoms with van der Waals surface area (Å²) in [6.45, 7) is 5.20. The zero-order valence-corrected chi connectivity index (χ0v) is 11.8. The Bertz CT molecular complexity index is 341. The maximum absolute atomic E-state index is 9.75. The van der Waals surface area contributed by atoms with Gasteiger partial charge in [-0.3, -0.25) is 4.90 Å². The molecule has 0 bridgehead atoms. The van der Waals surface area contributed by atoms with Crippen LogP contribution in [-0.2, 0) is 6.54 Å². The van der Waals surface area contributed by atoms with Gasteiger partial charge in [-0.1, -0.05) is 29.3 Å². The fourth-order valence-corrected chi connectivity index (χ4v) is 2.15. The van der Waals surface area contributed by atoms with Gasteiger partial charge < -0.3 is 5.11 Å². The zero-order valence-electron chi connectivity index (χ0n) is 10.2. The highest BCUT2D eigenvalue weighted by atomic mass is 79.9. The van der Waals surface area contributed by atoms with Crippen molar-refractivity contribution in [1.82, 2.24) is 4.90 Å². The Balaban J connectivity index is 2.68. The predicted octanol–water partition coefficient (Wildman–Crippen LogP) is 3.78. The lowest BCUT2D eigenvalue weighted by molar-refractivity contribution is 0.234. The van der Waals surface area contributed by atoms with E-state index in [4.69, 9.17) is 0 Å². The largest absolute Gasteiger partial charge is 0.508 e. The number of phenols is 1. The lowest BCUT2D eigenvalue weighted by Gasteiger charge is -2.24. The molecule has 2 nitrogen and oxygen atoms in total. The fourth-order valence-electron chi connectivity index (χ4n) is 1.74. The number of hydrogen-bond acceptors (Lipinski definition) is 2. The highest BCUT2D eigenvalue weighted by Crippen LogP contribution is 2.23. The number of hydrogen-bond donors (Lipinski definition) is 1. The van der Waals surface area contributed by atoms with E-state index in [1.165, 1.54) is 12.8 Å². The van der Waals surface area contributed by atoms with E-state index in [1.54, 1.807) is 6.07 Å². The van der Waals surface area contributed by atoms with E-state index in [0.717, 1.165) is 16.6 Å². The molecule has 0 spiro atoms. The monoisotopic (exact) mass is 285 g/mol. The molecule has 1 aromatic rings. The van der Waals surface area contributed by atoms with E-state index in [-0.39, 0.29) is 0 Å². The van der Waals surface area contributed by atoms with Gasteiger partial charge in [0, 0.05) is 22.6 Å². The standard InChI is InChI=1S/C13H20BrNO/c1-4-5-10(2)15(3)9-11-8-12(14)6-7-13(11)16/h6-8,10,16H,4-5,9H2,1-3H3. The third-order valence-electron chi connectivity index (χ3n) is 2.92. The van der Waals surface area contributed by atoms with Crippen molar-refractivity contribution >= 4 is 15.9 Å². The van der Waals surface area contributed by atoms with Gasteiger partial charge in [0.25, 0.3) is 0 Å². The molecule has 0 heterocycles. The zero-order chi connectivity index (χ0) is 12.1. The third-order valence-corrected chi connectivity index (χ3v) is 3.41. The quantitative estimate of drug-likeness (QED) is 0.890. The van der Waals surface area contributed by atoms with Crippen LogP contribution in [-0.4, -0.2) is 23.1 Å². The third kappa shape index (κ3) is 3.80. The van der Waals surface area contributed by atoms with Gasteiger partial charge in [0.05, 0.1) is 0 Å². The molecule has 0 amide bonds. The second-order valence-corrected chi connectivity index (χ2v) is 5.24. The molecule has 1 aromatic carbocycles. The summed E-state index contributed by atoms with van der Waals surface area (Å²) in [4.78, 5) is 2.27. The van der Waals surface area contributed by atoms with Crippen molar-refractivity contribution in [1.29, 1.82) is 0 Å². The minimum atomic E-state index is 0.374. The SMILES string of the molecule is CCCC(C)N(C)Cc1cc(Br)ccc1O. The number of nitrogens with zero attached hydrogens (tertiary/aromatic N) is 1. The summed E-state index contributed by atoms with van der Waals surface area (Å²) in [6, 6.07) is 6.11. The van der Waals surface area contributed by atoms with Crippen LogP contribution in [0.25, 0.3) is 0 Å². The topological polar surface area (TPSA) is 23.5 Å². The summed E-state index contributed by atoms with van der Waals surface area (Å²) in [5.41, 5.74) is 0.972. The van der Waals surface area contributed by atoms with E-state index in [9.17, 15) is 5.11 Å². The van der Waals surface area contributed by atoms with E-state index >= 15 is 0 Å². The van der Waals surface area contributed by atoms with Gasteiger partial charge in [0.15, 0.2) is 0 Å². The van der Waals surface area contributed by atoms with Gasteiger partial charge in [0.1, 0.15) is 5.75 Å². The maximum atomic E-state index is 9.75. The van der Waals surface area contributed by atoms with Gasteiger partial charge in [0.2, 0.25) is 0 Å². The summed E-state index contributed by atoms with van der Waals surface area (Å²) in [7, 11) is 2.10. The summed E-state index contributed by atoms with van der Waals surface area (Å²) in [5.74, 6) is 0.374. The highest BCUT2D eigenvalue weighted by molar-refractivity contribution is 9.10. The molecule has 0 aromatic heterocycles. The smallest absolute Gasteiger partial charge is 0.120 e. The minimum absolute atomic E-state index is 0.374. The predicted molar refractivity (Wildman–Crippen MR) is 71.6 cm³/mol. The molecule has 0 saturated carbocycles. The summed E-state index contributed by atoms with van der Waals surface area (Å²) >= 11 is 3.42. The first-order chi connectivity index (χ1) is 7.54. The van der Waals surface area contributed by atoms with Gasteiger partial charge >= 0.3 is 0 Å². The molecule has 90 valence electrons. The van der Waals surface area contributed by atoms with Crippen molar-refractivity contribution in [2.24, 2.45) is 0 Å². The molecule has 1 N–H and O–H groups in total. The summed E-state index contributed by atoms with van der Waals surface area (Å²) in [5, 5.41) is 9.75. The Hall–Kier alpha value is -0.540. The lowest BCUT2D eigenvalue weighted by Crippen LogP contribution is -2.28. The molecule has 0 saturated heterocycles. The Morgan fingerprint density at radius 2 is 2.12 bits per heavy atom. The molecule has 16 heavy (non-hydrogen) atoms. The number of benzene rings is 1. The molecule has 1 rings (SSSR count). The molecule has 1 unspecified atom stereocenters. The highest BCUT2D eigenvalue weighted by Gasteiger charge is 2.11. The normalized spacial score (nSPS) is 13.1. The second kappa shape index (κ2) is 6.26. The van der Waals surface area contributed by atoms with Crippen molar-refractivity contribution in [2.45, 2.75) is 39.3 Å². The number of rotatable bonds is 5. The fraction of sp³-hybridized carbons (Fsp3) is 0.538. The van der Waals surface area contributed by atoms with Crippen LogP contribution < -0.4 is 0 Å². The Morgan fingerprint density at radius 3 is 2.75 bits per heavy atom. The average molecular weight is 286 g/mol. The minimum Gasteiger partial charge on any atom is -0.508 e. The molecule has 0 radical (unpaired) electrons. The number of halogens is 1. The van der Waals surface area contributed by atoms with Crippen LogP contribution in [0, 0.1) is 0 Å². The lowest BCUT2D eigenvalue weighted by atomic mass is 10.1. The second-order valence-electron chi connectivity index (χ2n) is 4.33. The maximum Gasteiger partial charge on any atom is 0.120 e. The van der Waals surface area contributed by atoms with Crippen LogP contribution in [0.5, 0.6) is 5.75 Å². The number of phenolic OH excluding ortho intramolecular Hbond substituents is 1. The van der Waals surface area contributed by atoms with Crippen LogP contribution in [0.2, 0.25) is 0 Å². The molecule has 3 heteroatoms. The summed E-state index contributed by atoms with van der Waals surface area (Å²) < 4.78 is 1.01. The average Bonchev–Trinajstić information content (AvgIpc) is 2.23. The van der Waals surface area contributed by atoms with Gasteiger partial charge in [-0.05, 0) is 38.6 Å². The van der Waals surface area contributed by atoms with Crippen LogP contribution in [0.15, 0.2) is 22.7 Å². The van der Waals surface area contributed by atoms with E-state index < -0.39 is 0 Å². The molecule has 0 aliphatic heterocycles. The van der Waals surface area contributed by atoms with E-state index in [0.29, 0.717) is 11.8 Å². The number of aromatic hydroxyl groups is 1. The first kappa shape index (κ1) is 13.5. The van der Waals surface area contributed by atoms with Crippen LogP contribution in [0.3, 0.4) is 0 Å².